The lowest BCUT2D eigenvalue weighted by Gasteiger charge is -2.17. The molecule has 1 aliphatic rings. The molecule has 0 radical (unpaired) electrons. The summed E-state index contributed by atoms with van der Waals surface area (Å²) < 4.78 is 6.91. The third-order valence-corrected chi connectivity index (χ3v) is 7.78. The normalized spacial score (nSPS) is 15.4. The van der Waals surface area contributed by atoms with E-state index in [-0.39, 0.29) is 11.7 Å². The maximum Gasteiger partial charge on any atom is 0.269 e. The van der Waals surface area contributed by atoms with Gasteiger partial charge >= 0.3 is 0 Å². The lowest BCUT2D eigenvalue weighted by Crippen LogP contribution is -2.42. The maximum atomic E-state index is 12.3. The molecule has 33 heavy (non-hydrogen) atoms. The van der Waals surface area contributed by atoms with Crippen LogP contribution in [0.1, 0.15) is 34.1 Å². The molecule has 1 unspecified atom stereocenters. The van der Waals surface area contributed by atoms with Gasteiger partial charge < -0.3 is 4.74 Å². The second-order valence-corrected chi connectivity index (χ2v) is 10.00. The summed E-state index contributed by atoms with van der Waals surface area (Å²) in [4.78, 5) is 31.5. The van der Waals surface area contributed by atoms with E-state index in [0.29, 0.717) is 22.4 Å². The fourth-order valence-electron chi connectivity index (χ4n) is 3.93. The fraction of sp³-hybridized carbons (Fsp3) is 0.318. The Kier molecular flexibility index (Phi) is 5.90. The minimum atomic E-state index is -0.410. The van der Waals surface area contributed by atoms with Crippen LogP contribution in [-0.4, -0.2) is 44.3 Å². The third kappa shape index (κ3) is 4.25. The minimum Gasteiger partial charge on any atom is -0.497 e. The second-order valence-electron chi connectivity index (χ2n) is 7.97. The number of aryl methyl sites for hydroxylation is 1. The van der Waals surface area contributed by atoms with Crippen LogP contribution in [0.5, 0.6) is 5.75 Å². The van der Waals surface area contributed by atoms with Crippen LogP contribution < -0.4 is 15.6 Å². The van der Waals surface area contributed by atoms with E-state index < -0.39 is 5.91 Å². The molecule has 1 aromatic carbocycles. The number of thiophene rings is 1. The van der Waals surface area contributed by atoms with Gasteiger partial charge in [-0.25, -0.2) is 4.98 Å². The molecule has 0 fully saturated rings. The molecule has 2 N–H and O–H groups in total. The first-order valence-electron chi connectivity index (χ1n) is 10.5. The van der Waals surface area contributed by atoms with Gasteiger partial charge in [0.2, 0.25) is 5.91 Å². The molecule has 1 aliphatic carbocycles. The number of amides is 2. The number of nitrogens with zero attached hydrogens (tertiary/aromatic N) is 4. The number of benzene rings is 1. The van der Waals surface area contributed by atoms with Gasteiger partial charge in [0.05, 0.1) is 18.2 Å². The Hall–Kier alpha value is -3.18. The van der Waals surface area contributed by atoms with Crippen LogP contribution in [0, 0.1) is 5.92 Å². The van der Waals surface area contributed by atoms with Crippen molar-refractivity contribution in [1.82, 2.24) is 30.4 Å². The maximum absolute atomic E-state index is 12.3. The molecule has 5 rings (SSSR count). The number of ether oxygens (including phenoxy) is 1. The molecule has 0 saturated carbocycles. The molecule has 1 atom stereocenters. The molecule has 2 amide bonds. The number of hydrogen-bond acceptors (Lipinski definition) is 8. The largest absolute Gasteiger partial charge is 0.497 e. The van der Waals surface area contributed by atoms with Gasteiger partial charge in [-0.1, -0.05) is 18.7 Å². The zero-order valence-electron chi connectivity index (χ0n) is 18.1. The van der Waals surface area contributed by atoms with E-state index >= 15 is 0 Å². The molecule has 3 aromatic heterocycles. The molecule has 0 spiro atoms. The van der Waals surface area contributed by atoms with Crippen LogP contribution in [0.4, 0.5) is 0 Å². The number of aromatic nitrogens is 4. The average molecular weight is 483 g/mol. The van der Waals surface area contributed by atoms with Crippen LogP contribution in [0.2, 0.25) is 0 Å². The van der Waals surface area contributed by atoms with Crippen molar-refractivity contribution in [2.24, 2.45) is 5.92 Å². The summed E-state index contributed by atoms with van der Waals surface area (Å²) in [5.74, 6) is 0.647. The van der Waals surface area contributed by atoms with Gasteiger partial charge in [0.1, 0.15) is 16.9 Å². The standard InChI is InChI=1S/C22H22N6O3S2/c1-12-3-8-15-16(9-12)33-21-18(15)19-25-27-22(28(19)11-23-21)32-10-17(29)24-26-20(30)13-4-6-14(31-2)7-5-13/h4-7,11-12H,3,8-10H2,1-2H3,(H,24,29)(H,26,30). The van der Waals surface area contributed by atoms with Gasteiger partial charge in [0.15, 0.2) is 10.8 Å². The summed E-state index contributed by atoms with van der Waals surface area (Å²) in [5, 5.41) is 10.3. The SMILES string of the molecule is COc1ccc(C(=O)NNC(=O)CSc2nnc3c4c5c(sc4ncn23)CC(C)CC5)cc1. The molecule has 0 saturated heterocycles. The van der Waals surface area contributed by atoms with Crippen molar-refractivity contribution in [2.75, 3.05) is 12.9 Å². The van der Waals surface area contributed by atoms with Gasteiger partial charge in [0, 0.05) is 10.4 Å². The minimum absolute atomic E-state index is 0.0704. The number of thioether (sulfide) groups is 1. The monoisotopic (exact) mass is 482 g/mol. The Morgan fingerprint density at radius 1 is 1.24 bits per heavy atom. The van der Waals surface area contributed by atoms with Gasteiger partial charge in [0.25, 0.3) is 5.91 Å². The van der Waals surface area contributed by atoms with E-state index in [1.54, 1.807) is 49.0 Å². The zero-order chi connectivity index (χ0) is 22.9. The summed E-state index contributed by atoms with van der Waals surface area (Å²) in [6, 6.07) is 6.60. The lowest BCUT2D eigenvalue weighted by molar-refractivity contribution is -0.119. The summed E-state index contributed by atoms with van der Waals surface area (Å²) >= 11 is 2.98. The van der Waals surface area contributed by atoms with Crippen molar-refractivity contribution >= 4 is 50.8 Å². The van der Waals surface area contributed by atoms with Crippen molar-refractivity contribution in [3.05, 3.63) is 46.6 Å². The predicted octanol–water partition coefficient (Wildman–Crippen LogP) is 3.03. The van der Waals surface area contributed by atoms with Crippen molar-refractivity contribution in [1.29, 1.82) is 0 Å². The van der Waals surface area contributed by atoms with Gasteiger partial charge in [-0.05, 0) is 55.0 Å². The fourth-order valence-corrected chi connectivity index (χ4v) is 5.97. The van der Waals surface area contributed by atoms with Crippen LogP contribution in [0.25, 0.3) is 15.9 Å². The molecular weight excluding hydrogens is 460 g/mol. The van der Waals surface area contributed by atoms with Crippen molar-refractivity contribution in [3.8, 4) is 5.75 Å². The van der Waals surface area contributed by atoms with Crippen LogP contribution in [0.15, 0.2) is 35.7 Å². The Labute approximate surface area is 197 Å². The highest BCUT2D eigenvalue weighted by molar-refractivity contribution is 7.99. The van der Waals surface area contributed by atoms with Crippen LogP contribution >= 0.6 is 23.1 Å². The number of methoxy groups -OCH3 is 1. The molecule has 4 aromatic rings. The Morgan fingerprint density at radius 2 is 2.06 bits per heavy atom. The topological polar surface area (TPSA) is 111 Å². The first-order valence-corrected chi connectivity index (χ1v) is 12.3. The highest BCUT2D eigenvalue weighted by Gasteiger charge is 2.24. The summed E-state index contributed by atoms with van der Waals surface area (Å²) in [6.07, 6.45) is 5.00. The molecule has 3 heterocycles. The van der Waals surface area contributed by atoms with E-state index in [1.165, 1.54) is 22.2 Å². The number of nitrogens with one attached hydrogen (secondary N) is 2. The summed E-state index contributed by atoms with van der Waals surface area (Å²) in [5.41, 5.74) is 7.38. The van der Waals surface area contributed by atoms with E-state index in [1.807, 2.05) is 4.40 Å². The molecule has 0 aliphatic heterocycles. The van der Waals surface area contributed by atoms with Crippen LogP contribution in [-0.2, 0) is 17.6 Å². The Balaban J connectivity index is 1.24. The van der Waals surface area contributed by atoms with Crippen molar-refractivity contribution < 1.29 is 14.3 Å². The first-order chi connectivity index (χ1) is 16.0. The lowest BCUT2D eigenvalue weighted by atomic mass is 9.89. The Bertz CT molecular complexity index is 1350. The number of rotatable bonds is 5. The van der Waals surface area contributed by atoms with Gasteiger partial charge in [-0.3, -0.25) is 24.8 Å². The number of carbonyl (C=O) groups is 2. The van der Waals surface area contributed by atoms with E-state index in [9.17, 15) is 9.59 Å². The van der Waals surface area contributed by atoms with Crippen LogP contribution in [0.3, 0.4) is 0 Å². The third-order valence-electron chi connectivity index (χ3n) is 5.67. The first kappa shape index (κ1) is 21.7. The van der Waals surface area contributed by atoms with E-state index in [4.69, 9.17) is 4.74 Å². The zero-order valence-corrected chi connectivity index (χ0v) is 19.8. The number of hydrazine groups is 1. The highest BCUT2D eigenvalue weighted by Crippen LogP contribution is 2.39. The number of hydrogen-bond donors (Lipinski definition) is 2. The number of fused-ring (bicyclic) bond motifs is 5. The summed E-state index contributed by atoms with van der Waals surface area (Å²) in [6.45, 7) is 2.28. The predicted molar refractivity (Wildman–Crippen MR) is 127 cm³/mol. The molecular formula is C22H22N6O3S2. The van der Waals surface area contributed by atoms with Gasteiger partial charge in [-0.15, -0.1) is 21.5 Å². The second kappa shape index (κ2) is 8.99. The molecule has 11 heteroatoms. The van der Waals surface area contributed by atoms with Gasteiger partial charge in [-0.2, -0.15) is 0 Å². The molecule has 9 nitrogen and oxygen atoms in total. The molecule has 0 bridgehead atoms. The average Bonchev–Trinajstić information content (AvgIpc) is 3.41. The Morgan fingerprint density at radius 3 is 2.85 bits per heavy atom. The smallest absolute Gasteiger partial charge is 0.269 e. The molecule has 170 valence electrons. The van der Waals surface area contributed by atoms with Crippen molar-refractivity contribution in [3.63, 3.8) is 0 Å². The van der Waals surface area contributed by atoms with E-state index in [2.05, 4.69) is 33.0 Å². The van der Waals surface area contributed by atoms with E-state index in [0.717, 1.165) is 35.1 Å². The quantitative estimate of drug-likeness (QED) is 0.332. The highest BCUT2D eigenvalue weighted by atomic mass is 32.2. The van der Waals surface area contributed by atoms with Crippen molar-refractivity contribution in [2.45, 2.75) is 31.3 Å². The number of carbonyl (C=O) groups excluding carboxylic acids is 2. The summed E-state index contributed by atoms with van der Waals surface area (Å²) in [7, 11) is 1.55.